The van der Waals surface area contributed by atoms with Crippen LogP contribution in [0.2, 0.25) is 0 Å². The normalized spacial score (nSPS) is 11.6. The van der Waals surface area contributed by atoms with Crippen molar-refractivity contribution in [3.63, 3.8) is 0 Å². The molecule has 112 valence electrons. The Labute approximate surface area is 119 Å². The lowest BCUT2D eigenvalue weighted by Gasteiger charge is -2.09. The minimum atomic E-state index is -3.75. The molecule has 1 amide bonds. The number of nitrogens with one attached hydrogen (secondary N) is 2. The van der Waals surface area contributed by atoms with Crippen LogP contribution in [0.4, 0.5) is 5.69 Å². The number of nitrogens with two attached hydrogens (primary N) is 1. The molecule has 1 aromatic rings. The summed E-state index contributed by atoms with van der Waals surface area (Å²) < 4.78 is 22.4. The number of benzene rings is 1. The molecule has 0 saturated heterocycles. The third-order valence-corrected chi connectivity index (χ3v) is 3.49. The molecular formula is C13H21N3O3S. The first-order valence-electron chi connectivity index (χ1n) is 6.45. The maximum absolute atomic E-state index is 11.7. The molecular weight excluding hydrogens is 278 g/mol. The second kappa shape index (κ2) is 7.37. The van der Waals surface area contributed by atoms with E-state index >= 15 is 0 Å². The Kier molecular flexibility index (Phi) is 6.12. The summed E-state index contributed by atoms with van der Waals surface area (Å²) in [6, 6.07) is 6.29. The smallest absolute Gasteiger partial charge is 0.238 e. The topological polar surface area (TPSA) is 101 Å². The number of hydrogen-bond acceptors (Lipinski definition) is 4. The standard InChI is InChI=1S/C13H21N3O3S/c1-10(2)15-8-4-7-13(17)16-11-5-3-6-12(9-11)20(14,18)19/h3,5-6,9-10,15H,4,7-8H2,1-2H3,(H,16,17)(H2,14,18,19). The van der Waals surface area contributed by atoms with Gasteiger partial charge in [-0.3, -0.25) is 4.79 Å². The van der Waals surface area contributed by atoms with E-state index in [2.05, 4.69) is 10.6 Å². The van der Waals surface area contributed by atoms with Gasteiger partial charge in [0.1, 0.15) is 0 Å². The second-order valence-corrected chi connectivity index (χ2v) is 6.39. The maximum atomic E-state index is 11.7. The average Bonchev–Trinajstić information content (AvgIpc) is 2.34. The third-order valence-electron chi connectivity index (χ3n) is 2.58. The van der Waals surface area contributed by atoms with Crippen molar-refractivity contribution in [1.82, 2.24) is 5.32 Å². The lowest BCUT2D eigenvalue weighted by Crippen LogP contribution is -2.24. The number of anilines is 1. The number of carbonyl (C=O) groups is 1. The summed E-state index contributed by atoms with van der Waals surface area (Å²) in [5.41, 5.74) is 0.429. The highest BCUT2D eigenvalue weighted by atomic mass is 32.2. The van der Waals surface area contributed by atoms with Gasteiger partial charge in [-0.2, -0.15) is 0 Å². The lowest BCUT2D eigenvalue weighted by molar-refractivity contribution is -0.116. The fourth-order valence-electron chi connectivity index (χ4n) is 1.61. The van der Waals surface area contributed by atoms with Crippen LogP contribution in [0.1, 0.15) is 26.7 Å². The molecule has 0 fully saturated rings. The number of amides is 1. The highest BCUT2D eigenvalue weighted by Crippen LogP contribution is 2.14. The van der Waals surface area contributed by atoms with Crippen molar-refractivity contribution < 1.29 is 13.2 Å². The molecule has 0 unspecified atom stereocenters. The molecule has 20 heavy (non-hydrogen) atoms. The minimum Gasteiger partial charge on any atom is -0.326 e. The number of carbonyl (C=O) groups excluding carboxylic acids is 1. The maximum Gasteiger partial charge on any atom is 0.238 e. The molecule has 4 N–H and O–H groups in total. The molecule has 1 rings (SSSR count). The fourth-order valence-corrected chi connectivity index (χ4v) is 2.17. The summed E-state index contributed by atoms with van der Waals surface area (Å²) in [5.74, 6) is -0.151. The van der Waals surface area contributed by atoms with Gasteiger partial charge in [0.2, 0.25) is 15.9 Å². The Morgan fingerprint density at radius 2 is 2.05 bits per heavy atom. The Morgan fingerprint density at radius 1 is 1.35 bits per heavy atom. The van der Waals surface area contributed by atoms with Crippen LogP contribution in [0.25, 0.3) is 0 Å². The highest BCUT2D eigenvalue weighted by molar-refractivity contribution is 7.89. The number of rotatable bonds is 7. The summed E-state index contributed by atoms with van der Waals surface area (Å²) in [7, 11) is -3.75. The molecule has 1 aromatic carbocycles. The Morgan fingerprint density at radius 3 is 2.65 bits per heavy atom. The van der Waals surface area contributed by atoms with Crippen molar-refractivity contribution in [3.8, 4) is 0 Å². The van der Waals surface area contributed by atoms with E-state index < -0.39 is 10.0 Å². The van der Waals surface area contributed by atoms with Crippen LogP contribution in [0.5, 0.6) is 0 Å². The van der Waals surface area contributed by atoms with Crippen molar-refractivity contribution in [1.29, 1.82) is 0 Å². The lowest BCUT2D eigenvalue weighted by atomic mass is 10.2. The molecule has 0 aromatic heterocycles. The van der Waals surface area contributed by atoms with E-state index in [9.17, 15) is 13.2 Å². The molecule has 0 aliphatic rings. The van der Waals surface area contributed by atoms with E-state index in [-0.39, 0.29) is 10.8 Å². The van der Waals surface area contributed by atoms with Crippen LogP contribution >= 0.6 is 0 Å². The molecule has 0 saturated carbocycles. The SMILES string of the molecule is CC(C)NCCCC(=O)Nc1cccc(S(N)(=O)=O)c1. The summed E-state index contributed by atoms with van der Waals surface area (Å²) in [6.45, 7) is 4.85. The van der Waals surface area contributed by atoms with Gasteiger partial charge in [0.05, 0.1) is 4.90 Å². The molecule has 0 bridgehead atoms. The van der Waals surface area contributed by atoms with Gasteiger partial charge in [0, 0.05) is 18.2 Å². The van der Waals surface area contributed by atoms with Crippen molar-refractivity contribution >= 4 is 21.6 Å². The van der Waals surface area contributed by atoms with Crippen LogP contribution in [-0.4, -0.2) is 26.9 Å². The van der Waals surface area contributed by atoms with Crippen molar-refractivity contribution in [2.24, 2.45) is 5.14 Å². The number of primary sulfonamides is 1. The molecule has 0 atom stereocenters. The van der Waals surface area contributed by atoms with Gasteiger partial charge in [-0.05, 0) is 31.2 Å². The zero-order valence-corrected chi connectivity index (χ0v) is 12.5. The average molecular weight is 299 g/mol. The van der Waals surface area contributed by atoms with E-state index in [0.717, 1.165) is 13.0 Å². The molecule has 0 aliphatic heterocycles. The molecule has 0 radical (unpaired) electrons. The first kappa shape index (κ1) is 16.6. The fraction of sp³-hybridized carbons (Fsp3) is 0.462. The van der Waals surface area contributed by atoms with Crippen molar-refractivity contribution in [2.45, 2.75) is 37.6 Å². The summed E-state index contributed by atoms with van der Waals surface area (Å²) >= 11 is 0. The number of sulfonamides is 1. The van der Waals surface area contributed by atoms with Gasteiger partial charge in [0.25, 0.3) is 0 Å². The first-order valence-corrected chi connectivity index (χ1v) is 8.00. The van der Waals surface area contributed by atoms with E-state index in [1.54, 1.807) is 6.07 Å². The number of hydrogen-bond donors (Lipinski definition) is 3. The first-order chi connectivity index (χ1) is 9.29. The summed E-state index contributed by atoms with van der Waals surface area (Å²) in [5, 5.41) is 10.9. The van der Waals surface area contributed by atoms with Gasteiger partial charge in [-0.25, -0.2) is 13.6 Å². The van der Waals surface area contributed by atoms with Gasteiger partial charge in [-0.15, -0.1) is 0 Å². The molecule has 0 aliphatic carbocycles. The van der Waals surface area contributed by atoms with Crippen LogP contribution in [0.3, 0.4) is 0 Å². The Hall–Kier alpha value is -1.44. The molecule has 0 spiro atoms. The van der Waals surface area contributed by atoms with E-state index in [0.29, 0.717) is 18.2 Å². The van der Waals surface area contributed by atoms with Gasteiger partial charge in [-0.1, -0.05) is 19.9 Å². The van der Waals surface area contributed by atoms with Gasteiger partial charge < -0.3 is 10.6 Å². The van der Waals surface area contributed by atoms with Gasteiger partial charge in [0.15, 0.2) is 0 Å². The van der Waals surface area contributed by atoms with Gasteiger partial charge >= 0.3 is 0 Å². The Bertz CT molecular complexity index is 556. The largest absolute Gasteiger partial charge is 0.326 e. The van der Waals surface area contributed by atoms with Crippen LogP contribution in [0, 0.1) is 0 Å². The zero-order valence-electron chi connectivity index (χ0n) is 11.7. The minimum absolute atomic E-state index is 0.0169. The third kappa shape index (κ3) is 6.14. The quantitative estimate of drug-likeness (QED) is 0.655. The highest BCUT2D eigenvalue weighted by Gasteiger charge is 2.09. The molecule has 0 heterocycles. The zero-order chi connectivity index (χ0) is 15.2. The van der Waals surface area contributed by atoms with E-state index in [1.165, 1.54) is 18.2 Å². The predicted octanol–water partition coefficient (Wildman–Crippen LogP) is 1.05. The van der Waals surface area contributed by atoms with Crippen LogP contribution in [0.15, 0.2) is 29.2 Å². The summed E-state index contributed by atoms with van der Waals surface area (Å²) in [6.07, 6.45) is 1.10. The monoisotopic (exact) mass is 299 g/mol. The Balaban J connectivity index is 2.50. The van der Waals surface area contributed by atoms with Crippen LogP contribution in [-0.2, 0) is 14.8 Å². The summed E-state index contributed by atoms with van der Waals surface area (Å²) in [4.78, 5) is 11.7. The van der Waals surface area contributed by atoms with Crippen LogP contribution < -0.4 is 15.8 Å². The second-order valence-electron chi connectivity index (χ2n) is 4.83. The van der Waals surface area contributed by atoms with Crippen molar-refractivity contribution in [3.05, 3.63) is 24.3 Å². The van der Waals surface area contributed by atoms with Crippen molar-refractivity contribution in [2.75, 3.05) is 11.9 Å². The van der Waals surface area contributed by atoms with E-state index in [1.807, 2.05) is 13.8 Å². The molecule has 7 heteroatoms. The molecule has 6 nitrogen and oxygen atoms in total. The van der Waals surface area contributed by atoms with E-state index in [4.69, 9.17) is 5.14 Å². The predicted molar refractivity (Wildman–Crippen MR) is 78.8 cm³/mol.